The lowest BCUT2D eigenvalue weighted by atomic mass is 9.93. The van der Waals surface area contributed by atoms with Crippen molar-refractivity contribution in [2.24, 2.45) is 0 Å². The molecule has 3 heteroatoms. The van der Waals surface area contributed by atoms with E-state index in [1.807, 2.05) is 24.3 Å². The lowest BCUT2D eigenvalue weighted by molar-refractivity contribution is 0.673. The molecule has 0 spiro atoms. The molecule has 0 radical (unpaired) electrons. The number of aromatic nitrogens is 2. The minimum atomic E-state index is 0.699. The molecule has 248 valence electrons. The van der Waals surface area contributed by atoms with Gasteiger partial charge in [-0.2, -0.15) is 0 Å². The van der Waals surface area contributed by atoms with Crippen molar-refractivity contribution in [1.82, 2.24) is 9.97 Å². The van der Waals surface area contributed by atoms with Gasteiger partial charge in [-0.15, -0.1) is 0 Å². The van der Waals surface area contributed by atoms with E-state index in [1.54, 1.807) is 0 Å². The molecule has 0 fully saturated rings. The molecule has 10 aromatic rings. The summed E-state index contributed by atoms with van der Waals surface area (Å²) in [6.45, 7) is 0. The smallest absolute Gasteiger partial charge is 0.160 e. The third kappa shape index (κ3) is 5.56. The van der Waals surface area contributed by atoms with Crippen LogP contribution in [0.2, 0.25) is 0 Å². The normalized spacial score (nSPS) is 11.4. The molecule has 3 nitrogen and oxygen atoms in total. The van der Waals surface area contributed by atoms with E-state index in [-0.39, 0.29) is 0 Å². The van der Waals surface area contributed by atoms with Crippen molar-refractivity contribution in [2.75, 3.05) is 0 Å². The van der Waals surface area contributed by atoms with Crippen LogP contribution in [0.5, 0.6) is 0 Å². The zero-order chi connectivity index (χ0) is 35.1. The zero-order valence-corrected chi connectivity index (χ0v) is 28.8. The zero-order valence-electron chi connectivity index (χ0n) is 28.8. The summed E-state index contributed by atoms with van der Waals surface area (Å²) in [5.41, 5.74) is 13.6. The highest BCUT2D eigenvalue weighted by atomic mass is 16.3. The molecule has 0 atom stereocenters. The standard InChI is InChI=1S/C50H32N2O/c1-4-14-33(15-5-1)38-20-12-21-39(30-38)46-32-45(51-50(52-46)37-18-8-3-9-19-37)36-28-26-35(27-29-36)43-31-44-48-40(34-16-6-2-7-17-34)24-13-25-47(48)53-49(44)42-23-11-10-22-41(42)43/h1-32H. The monoisotopic (exact) mass is 676 g/mol. The minimum Gasteiger partial charge on any atom is -0.455 e. The first-order valence-electron chi connectivity index (χ1n) is 17.9. The van der Waals surface area contributed by atoms with E-state index in [9.17, 15) is 0 Å². The fourth-order valence-corrected chi connectivity index (χ4v) is 7.51. The summed E-state index contributed by atoms with van der Waals surface area (Å²) in [6, 6.07) is 67.9. The van der Waals surface area contributed by atoms with Gasteiger partial charge in [-0.3, -0.25) is 0 Å². The Hall–Kier alpha value is -7.10. The van der Waals surface area contributed by atoms with E-state index in [0.717, 1.165) is 77.5 Å². The summed E-state index contributed by atoms with van der Waals surface area (Å²) in [5, 5.41) is 4.51. The van der Waals surface area contributed by atoms with Crippen LogP contribution < -0.4 is 0 Å². The molecule has 10 rings (SSSR count). The van der Waals surface area contributed by atoms with Gasteiger partial charge in [0.1, 0.15) is 11.2 Å². The average Bonchev–Trinajstić information content (AvgIpc) is 3.63. The Balaban J connectivity index is 1.11. The molecule has 0 aliphatic rings. The number of benzene rings is 8. The van der Waals surface area contributed by atoms with Crippen molar-refractivity contribution in [3.63, 3.8) is 0 Å². The topological polar surface area (TPSA) is 38.9 Å². The van der Waals surface area contributed by atoms with Crippen LogP contribution in [0.25, 0.3) is 100.0 Å². The van der Waals surface area contributed by atoms with Gasteiger partial charge in [-0.05, 0) is 63.0 Å². The van der Waals surface area contributed by atoms with E-state index in [2.05, 4.69) is 170 Å². The third-order valence-corrected chi connectivity index (χ3v) is 10.1. The number of rotatable bonds is 6. The van der Waals surface area contributed by atoms with Gasteiger partial charge >= 0.3 is 0 Å². The van der Waals surface area contributed by atoms with Crippen molar-refractivity contribution in [2.45, 2.75) is 0 Å². The van der Waals surface area contributed by atoms with Crippen LogP contribution in [0.15, 0.2) is 199 Å². The van der Waals surface area contributed by atoms with Gasteiger partial charge in [0.2, 0.25) is 0 Å². The number of hydrogen-bond acceptors (Lipinski definition) is 3. The van der Waals surface area contributed by atoms with E-state index in [0.29, 0.717) is 5.82 Å². The van der Waals surface area contributed by atoms with Crippen molar-refractivity contribution in [3.8, 4) is 67.3 Å². The Labute approximate surface area is 307 Å². The van der Waals surface area contributed by atoms with Crippen molar-refractivity contribution in [1.29, 1.82) is 0 Å². The Morgan fingerprint density at radius 1 is 0.321 bits per heavy atom. The first-order chi connectivity index (χ1) is 26.3. The molecule has 0 N–H and O–H groups in total. The second-order valence-electron chi connectivity index (χ2n) is 13.3. The van der Waals surface area contributed by atoms with Gasteiger partial charge in [-0.25, -0.2) is 9.97 Å². The minimum absolute atomic E-state index is 0.699. The fourth-order valence-electron chi connectivity index (χ4n) is 7.51. The molecule has 2 aromatic heterocycles. The summed E-state index contributed by atoms with van der Waals surface area (Å²) in [4.78, 5) is 10.2. The van der Waals surface area contributed by atoms with Crippen molar-refractivity contribution < 1.29 is 4.42 Å². The predicted molar refractivity (Wildman–Crippen MR) is 219 cm³/mol. The number of fused-ring (bicyclic) bond motifs is 5. The molecule has 0 bridgehead atoms. The van der Waals surface area contributed by atoms with Crippen LogP contribution in [-0.2, 0) is 0 Å². The van der Waals surface area contributed by atoms with Crippen LogP contribution in [-0.4, -0.2) is 9.97 Å². The summed E-state index contributed by atoms with van der Waals surface area (Å²) < 4.78 is 6.61. The molecule has 8 aromatic carbocycles. The van der Waals surface area contributed by atoms with E-state index < -0.39 is 0 Å². The molecule has 0 unspecified atom stereocenters. The van der Waals surface area contributed by atoms with Crippen molar-refractivity contribution in [3.05, 3.63) is 194 Å². The molecule has 2 heterocycles. The summed E-state index contributed by atoms with van der Waals surface area (Å²) >= 11 is 0. The predicted octanol–water partition coefficient (Wildman–Crippen LogP) is 13.5. The van der Waals surface area contributed by atoms with E-state index in [1.165, 1.54) is 16.7 Å². The van der Waals surface area contributed by atoms with Crippen LogP contribution in [0.3, 0.4) is 0 Å². The lowest BCUT2D eigenvalue weighted by Gasteiger charge is -2.12. The molecule has 0 amide bonds. The summed E-state index contributed by atoms with van der Waals surface area (Å²) in [7, 11) is 0. The molecular formula is C50H32N2O. The van der Waals surface area contributed by atoms with E-state index >= 15 is 0 Å². The van der Waals surface area contributed by atoms with Crippen LogP contribution >= 0.6 is 0 Å². The Morgan fingerprint density at radius 3 is 1.60 bits per heavy atom. The van der Waals surface area contributed by atoms with Crippen molar-refractivity contribution >= 4 is 32.7 Å². The fraction of sp³-hybridized carbons (Fsp3) is 0. The Morgan fingerprint density at radius 2 is 0.868 bits per heavy atom. The molecular weight excluding hydrogens is 645 g/mol. The maximum absolute atomic E-state index is 6.61. The first-order valence-corrected chi connectivity index (χ1v) is 17.9. The molecule has 0 saturated carbocycles. The number of nitrogens with zero attached hydrogens (tertiary/aromatic N) is 2. The highest BCUT2D eigenvalue weighted by molar-refractivity contribution is 6.22. The Kier molecular flexibility index (Phi) is 7.47. The second-order valence-corrected chi connectivity index (χ2v) is 13.3. The van der Waals surface area contributed by atoms with Gasteiger partial charge in [0.25, 0.3) is 0 Å². The molecule has 0 saturated heterocycles. The van der Waals surface area contributed by atoms with Gasteiger partial charge in [0.15, 0.2) is 5.82 Å². The number of hydrogen-bond donors (Lipinski definition) is 0. The van der Waals surface area contributed by atoms with Gasteiger partial charge in [0, 0.05) is 32.8 Å². The van der Waals surface area contributed by atoms with Crippen LogP contribution in [0.1, 0.15) is 0 Å². The van der Waals surface area contributed by atoms with Crippen LogP contribution in [0.4, 0.5) is 0 Å². The highest BCUT2D eigenvalue weighted by Crippen LogP contribution is 2.43. The largest absolute Gasteiger partial charge is 0.455 e. The van der Waals surface area contributed by atoms with E-state index in [4.69, 9.17) is 14.4 Å². The molecule has 53 heavy (non-hydrogen) atoms. The van der Waals surface area contributed by atoms with Crippen LogP contribution in [0, 0.1) is 0 Å². The second kappa shape index (κ2) is 12.9. The Bertz CT molecular complexity index is 2910. The average molecular weight is 677 g/mol. The third-order valence-electron chi connectivity index (χ3n) is 10.1. The quantitative estimate of drug-likeness (QED) is 0.176. The van der Waals surface area contributed by atoms with Gasteiger partial charge in [-0.1, -0.05) is 170 Å². The molecule has 0 aliphatic carbocycles. The first kappa shape index (κ1) is 30.7. The highest BCUT2D eigenvalue weighted by Gasteiger charge is 2.18. The summed E-state index contributed by atoms with van der Waals surface area (Å²) in [5.74, 6) is 0.699. The summed E-state index contributed by atoms with van der Waals surface area (Å²) in [6.07, 6.45) is 0. The lowest BCUT2D eigenvalue weighted by Crippen LogP contribution is -1.96. The maximum atomic E-state index is 6.61. The van der Waals surface area contributed by atoms with Gasteiger partial charge < -0.3 is 4.42 Å². The maximum Gasteiger partial charge on any atom is 0.160 e. The van der Waals surface area contributed by atoms with Gasteiger partial charge in [0.05, 0.1) is 11.4 Å². The SMILES string of the molecule is c1ccc(-c2cccc(-c3cc(-c4ccc(-c5cc6c(oc7cccc(-c8ccccc8)c76)c6ccccc56)cc4)nc(-c4ccccc4)n3)c2)cc1. The number of furan rings is 1. The molecule has 0 aliphatic heterocycles.